The van der Waals surface area contributed by atoms with Crippen LogP contribution in [0.3, 0.4) is 0 Å². The molecule has 8 heteroatoms. The third-order valence-electron chi connectivity index (χ3n) is 5.60. The Balaban J connectivity index is 1.46. The molecule has 1 saturated heterocycles. The highest BCUT2D eigenvalue weighted by molar-refractivity contribution is 7.98. The fourth-order valence-corrected chi connectivity index (χ4v) is 5.19. The first-order valence-electron chi connectivity index (χ1n) is 9.59. The predicted molar refractivity (Wildman–Crippen MR) is 104 cm³/mol. The second-order valence-electron chi connectivity index (χ2n) is 7.46. The Kier molecular flexibility index (Phi) is 4.40. The van der Waals surface area contributed by atoms with Gasteiger partial charge in [-0.25, -0.2) is 14.6 Å². The van der Waals surface area contributed by atoms with Crippen molar-refractivity contribution in [2.24, 2.45) is 0 Å². The number of anilines is 1. The molecule has 2 aromatic rings. The standard InChI is InChI=1S/C19H23N5O2S/c1-11-20-15-4-2-3-13(15)19(21-11)22-16-8-26-9-17(16)24-18(25)7-12-10-27-6-5-14(12)23-24/h7,16-17H,2-6,8-10H2,1H3,(H,20,21,22). The van der Waals surface area contributed by atoms with E-state index in [2.05, 4.69) is 15.3 Å². The number of hydrogen-bond acceptors (Lipinski definition) is 7. The molecule has 0 saturated carbocycles. The van der Waals surface area contributed by atoms with Gasteiger partial charge in [-0.15, -0.1) is 0 Å². The molecule has 7 nitrogen and oxygen atoms in total. The van der Waals surface area contributed by atoms with E-state index >= 15 is 0 Å². The number of aromatic nitrogens is 4. The molecule has 4 heterocycles. The molecule has 1 N–H and O–H groups in total. The Morgan fingerprint density at radius 3 is 3.07 bits per heavy atom. The minimum atomic E-state index is -0.121. The monoisotopic (exact) mass is 385 g/mol. The van der Waals surface area contributed by atoms with E-state index in [9.17, 15) is 4.79 Å². The smallest absolute Gasteiger partial charge is 0.267 e. The van der Waals surface area contributed by atoms with E-state index in [-0.39, 0.29) is 17.6 Å². The number of nitrogens with one attached hydrogen (secondary N) is 1. The van der Waals surface area contributed by atoms with Crippen LogP contribution in [-0.2, 0) is 29.8 Å². The summed E-state index contributed by atoms with van der Waals surface area (Å²) in [4.78, 5) is 21.9. The van der Waals surface area contributed by atoms with Crippen LogP contribution < -0.4 is 10.9 Å². The molecule has 27 heavy (non-hydrogen) atoms. The molecule has 0 radical (unpaired) electrons. The summed E-state index contributed by atoms with van der Waals surface area (Å²) >= 11 is 1.86. The zero-order chi connectivity index (χ0) is 18.4. The first-order valence-corrected chi connectivity index (χ1v) is 10.7. The van der Waals surface area contributed by atoms with E-state index in [4.69, 9.17) is 9.84 Å². The zero-order valence-corrected chi connectivity index (χ0v) is 16.2. The van der Waals surface area contributed by atoms with E-state index in [1.165, 1.54) is 5.56 Å². The Morgan fingerprint density at radius 1 is 1.22 bits per heavy atom. The van der Waals surface area contributed by atoms with Crippen molar-refractivity contribution in [2.75, 3.05) is 24.3 Å². The molecule has 2 aromatic heterocycles. The molecule has 142 valence electrons. The molecule has 2 aliphatic heterocycles. The fraction of sp³-hybridized carbons (Fsp3) is 0.579. The minimum Gasteiger partial charge on any atom is -0.377 e. The van der Waals surface area contributed by atoms with Crippen molar-refractivity contribution < 1.29 is 4.74 Å². The first-order chi connectivity index (χ1) is 13.2. The highest BCUT2D eigenvalue weighted by Gasteiger charge is 2.33. The molecular weight excluding hydrogens is 362 g/mol. The van der Waals surface area contributed by atoms with E-state index < -0.39 is 0 Å². The average Bonchev–Trinajstić information content (AvgIpc) is 3.30. The van der Waals surface area contributed by atoms with Crippen LogP contribution >= 0.6 is 11.8 Å². The Morgan fingerprint density at radius 2 is 2.15 bits per heavy atom. The van der Waals surface area contributed by atoms with Crippen LogP contribution in [0.1, 0.15) is 40.8 Å². The van der Waals surface area contributed by atoms with Gasteiger partial charge in [0.2, 0.25) is 0 Å². The third-order valence-corrected chi connectivity index (χ3v) is 6.60. The Labute approximate surface area is 161 Å². The maximum absolute atomic E-state index is 12.7. The van der Waals surface area contributed by atoms with Gasteiger partial charge in [-0.05, 0) is 37.5 Å². The van der Waals surface area contributed by atoms with Gasteiger partial charge in [-0.2, -0.15) is 16.9 Å². The lowest BCUT2D eigenvalue weighted by Gasteiger charge is -2.24. The summed E-state index contributed by atoms with van der Waals surface area (Å²) in [5.41, 5.74) is 4.47. The lowest BCUT2D eigenvalue weighted by atomic mass is 10.1. The summed E-state index contributed by atoms with van der Waals surface area (Å²) in [5.74, 6) is 3.63. The summed E-state index contributed by atoms with van der Waals surface area (Å²) in [7, 11) is 0. The summed E-state index contributed by atoms with van der Waals surface area (Å²) in [6.45, 7) is 2.97. The molecule has 0 amide bonds. The Hall–Kier alpha value is -1.93. The normalized spacial score (nSPS) is 23.9. The van der Waals surface area contributed by atoms with Gasteiger partial charge < -0.3 is 10.1 Å². The van der Waals surface area contributed by atoms with Crippen LogP contribution in [0, 0.1) is 6.92 Å². The van der Waals surface area contributed by atoms with Crippen LogP contribution in [0.5, 0.6) is 0 Å². The van der Waals surface area contributed by atoms with Crippen molar-refractivity contribution in [3.8, 4) is 0 Å². The van der Waals surface area contributed by atoms with Crippen molar-refractivity contribution in [3.05, 3.63) is 44.8 Å². The van der Waals surface area contributed by atoms with Crippen molar-refractivity contribution in [1.82, 2.24) is 19.7 Å². The van der Waals surface area contributed by atoms with Crippen LogP contribution in [0.25, 0.3) is 0 Å². The summed E-state index contributed by atoms with van der Waals surface area (Å²) in [6.07, 6.45) is 4.06. The number of hydrogen-bond donors (Lipinski definition) is 1. The molecule has 2 atom stereocenters. The van der Waals surface area contributed by atoms with Crippen molar-refractivity contribution >= 4 is 17.6 Å². The van der Waals surface area contributed by atoms with Gasteiger partial charge in [0.15, 0.2) is 0 Å². The van der Waals surface area contributed by atoms with Gasteiger partial charge >= 0.3 is 0 Å². The summed E-state index contributed by atoms with van der Waals surface area (Å²) in [5, 5.41) is 8.27. The van der Waals surface area contributed by atoms with E-state index in [1.807, 2.05) is 18.7 Å². The van der Waals surface area contributed by atoms with Gasteiger partial charge in [-0.3, -0.25) is 4.79 Å². The second-order valence-corrected chi connectivity index (χ2v) is 8.56. The minimum absolute atomic E-state index is 0.0229. The number of fused-ring (bicyclic) bond motifs is 2. The molecule has 0 aromatic carbocycles. The zero-order valence-electron chi connectivity index (χ0n) is 15.4. The molecular formula is C19H23N5O2S. The number of nitrogens with zero attached hydrogens (tertiary/aromatic N) is 4. The summed E-state index contributed by atoms with van der Waals surface area (Å²) < 4.78 is 7.37. The predicted octanol–water partition coefficient (Wildman–Crippen LogP) is 1.67. The molecule has 1 aliphatic carbocycles. The quantitative estimate of drug-likeness (QED) is 0.861. The van der Waals surface area contributed by atoms with Gasteiger partial charge in [0, 0.05) is 29.5 Å². The summed E-state index contributed by atoms with van der Waals surface area (Å²) in [6, 6.07) is 1.62. The van der Waals surface area contributed by atoms with Crippen LogP contribution in [-0.4, -0.2) is 44.8 Å². The maximum atomic E-state index is 12.7. The second kappa shape index (κ2) is 6.91. The lowest BCUT2D eigenvalue weighted by molar-refractivity contribution is 0.182. The van der Waals surface area contributed by atoms with Crippen LogP contribution in [0.4, 0.5) is 5.82 Å². The van der Waals surface area contributed by atoms with Gasteiger partial charge in [0.1, 0.15) is 17.7 Å². The van der Waals surface area contributed by atoms with Gasteiger partial charge in [0.25, 0.3) is 5.56 Å². The number of aryl methyl sites for hydroxylation is 3. The maximum Gasteiger partial charge on any atom is 0.267 e. The van der Waals surface area contributed by atoms with E-state index in [0.717, 1.165) is 65.8 Å². The highest BCUT2D eigenvalue weighted by Crippen LogP contribution is 2.29. The van der Waals surface area contributed by atoms with Crippen molar-refractivity contribution in [1.29, 1.82) is 0 Å². The molecule has 0 spiro atoms. The van der Waals surface area contributed by atoms with Crippen LogP contribution in [0.2, 0.25) is 0 Å². The molecule has 5 rings (SSSR count). The highest BCUT2D eigenvalue weighted by atomic mass is 32.2. The molecule has 0 bridgehead atoms. The largest absolute Gasteiger partial charge is 0.377 e. The third kappa shape index (κ3) is 3.14. The molecule has 3 aliphatic rings. The average molecular weight is 385 g/mol. The molecule has 2 unspecified atom stereocenters. The fourth-order valence-electron chi connectivity index (χ4n) is 4.24. The van der Waals surface area contributed by atoms with E-state index in [1.54, 1.807) is 10.7 Å². The Bertz CT molecular complexity index is 944. The van der Waals surface area contributed by atoms with Gasteiger partial charge in [0.05, 0.1) is 24.9 Å². The van der Waals surface area contributed by atoms with E-state index in [0.29, 0.717) is 13.2 Å². The van der Waals surface area contributed by atoms with Crippen LogP contribution in [0.15, 0.2) is 10.9 Å². The lowest BCUT2D eigenvalue weighted by Crippen LogP contribution is -2.38. The number of thioether (sulfide) groups is 1. The van der Waals surface area contributed by atoms with Crippen molar-refractivity contribution in [3.63, 3.8) is 0 Å². The number of rotatable bonds is 3. The van der Waals surface area contributed by atoms with Crippen molar-refractivity contribution in [2.45, 2.75) is 50.4 Å². The SMILES string of the molecule is Cc1nc2c(c(NC3COCC3n3nc4c(cc3=O)CSCC4)n1)CCC2. The molecule has 1 fully saturated rings. The first kappa shape index (κ1) is 17.2. The topological polar surface area (TPSA) is 81.9 Å². The number of ether oxygens (including phenoxy) is 1. The van der Waals surface area contributed by atoms with Gasteiger partial charge in [-0.1, -0.05) is 0 Å².